The SMILES string of the molecule is O=c1cc(-c2cccnc2)ncn1CC1CCN(Cc2ncccn2)CC1. The van der Waals surface area contributed by atoms with E-state index in [1.165, 1.54) is 0 Å². The molecule has 3 aromatic rings. The lowest BCUT2D eigenvalue weighted by molar-refractivity contribution is 0.163. The molecule has 0 aromatic carbocycles. The molecule has 0 saturated carbocycles. The monoisotopic (exact) mass is 362 g/mol. The van der Waals surface area contributed by atoms with E-state index in [1.807, 2.05) is 18.2 Å². The van der Waals surface area contributed by atoms with Gasteiger partial charge in [0.15, 0.2) is 0 Å². The summed E-state index contributed by atoms with van der Waals surface area (Å²) in [5.74, 6) is 1.35. The van der Waals surface area contributed by atoms with Crippen molar-refractivity contribution in [2.24, 2.45) is 5.92 Å². The van der Waals surface area contributed by atoms with Crippen LogP contribution in [0.1, 0.15) is 18.7 Å². The summed E-state index contributed by atoms with van der Waals surface area (Å²) in [5.41, 5.74) is 1.52. The average molecular weight is 362 g/mol. The fourth-order valence-corrected chi connectivity index (χ4v) is 3.45. The zero-order chi connectivity index (χ0) is 18.5. The summed E-state index contributed by atoms with van der Waals surface area (Å²) in [6.45, 7) is 3.50. The highest BCUT2D eigenvalue weighted by molar-refractivity contribution is 5.56. The van der Waals surface area contributed by atoms with Crippen LogP contribution in [0, 0.1) is 5.92 Å². The Balaban J connectivity index is 1.34. The van der Waals surface area contributed by atoms with Gasteiger partial charge in [-0.05, 0) is 50.0 Å². The molecule has 0 radical (unpaired) electrons. The Hall–Kier alpha value is -2.93. The molecule has 0 aliphatic carbocycles. The molecule has 0 unspecified atom stereocenters. The van der Waals surface area contributed by atoms with Gasteiger partial charge >= 0.3 is 0 Å². The van der Waals surface area contributed by atoms with E-state index in [4.69, 9.17) is 0 Å². The number of pyridine rings is 1. The summed E-state index contributed by atoms with van der Waals surface area (Å²) in [4.78, 5) is 32.0. The molecule has 7 heteroatoms. The van der Waals surface area contributed by atoms with E-state index >= 15 is 0 Å². The first-order valence-electron chi connectivity index (χ1n) is 9.23. The van der Waals surface area contributed by atoms with Gasteiger partial charge in [0.1, 0.15) is 5.82 Å². The quantitative estimate of drug-likeness (QED) is 0.691. The van der Waals surface area contributed by atoms with Crippen LogP contribution in [0.2, 0.25) is 0 Å². The predicted molar refractivity (Wildman–Crippen MR) is 102 cm³/mol. The Labute approximate surface area is 157 Å². The molecular weight excluding hydrogens is 340 g/mol. The highest BCUT2D eigenvalue weighted by Gasteiger charge is 2.20. The van der Waals surface area contributed by atoms with Gasteiger partial charge in [0.25, 0.3) is 5.56 Å². The number of hydrogen-bond donors (Lipinski definition) is 0. The molecule has 0 atom stereocenters. The van der Waals surface area contributed by atoms with Crippen molar-refractivity contribution in [2.45, 2.75) is 25.9 Å². The molecule has 4 heterocycles. The van der Waals surface area contributed by atoms with Gasteiger partial charge in [-0.1, -0.05) is 0 Å². The Kier molecular flexibility index (Phi) is 5.29. The topological polar surface area (TPSA) is 76.8 Å². The lowest BCUT2D eigenvalue weighted by Crippen LogP contribution is -2.36. The molecule has 27 heavy (non-hydrogen) atoms. The summed E-state index contributed by atoms with van der Waals surface area (Å²) >= 11 is 0. The summed E-state index contributed by atoms with van der Waals surface area (Å²) < 4.78 is 1.72. The fourth-order valence-electron chi connectivity index (χ4n) is 3.45. The molecule has 1 aliphatic rings. The van der Waals surface area contributed by atoms with Gasteiger partial charge in [0.05, 0.1) is 18.6 Å². The highest BCUT2D eigenvalue weighted by Crippen LogP contribution is 2.20. The molecule has 7 nitrogen and oxygen atoms in total. The molecule has 138 valence electrons. The summed E-state index contributed by atoms with van der Waals surface area (Å²) in [6, 6.07) is 7.18. The van der Waals surface area contributed by atoms with Crippen molar-refractivity contribution in [3.05, 3.63) is 71.6 Å². The van der Waals surface area contributed by atoms with Crippen LogP contribution >= 0.6 is 0 Å². The minimum Gasteiger partial charge on any atom is -0.299 e. The first-order chi connectivity index (χ1) is 13.3. The van der Waals surface area contributed by atoms with Crippen molar-refractivity contribution in [1.82, 2.24) is 29.4 Å². The molecule has 1 aliphatic heterocycles. The van der Waals surface area contributed by atoms with Gasteiger partial charge in [0, 0.05) is 43.0 Å². The average Bonchev–Trinajstić information content (AvgIpc) is 2.72. The van der Waals surface area contributed by atoms with Crippen molar-refractivity contribution < 1.29 is 0 Å². The molecule has 1 fully saturated rings. The lowest BCUT2D eigenvalue weighted by atomic mass is 9.96. The van der Waals surface area contributed by atoms with Gasteiger partial charge in [-0.15, -0.1) is 0 Å². The van der Waals surface area contributed by atoms with Crippen LogP contribution in [0.4, 0.5) is 0 Å². The van der Waals surface area contributed by atoms with Crippen molar-refractivity contribution >= 4 is 0 Å². The molecular formula is C20H22N6O. The zero-order valence-electron chi connectivity index (χ0n) is 15.1. The number of nitrogens with zero attached hydrogens (tertiary/aromatic N) is 6. The normalized spacial score (nSPS) is 15.7. The zero-order valence-corrected chi connectivity index (χ0v) is 15.1. The largest absolute Gasteiger partial charge is 0.299 e. The van der Waals surface area contributed by atoms with Gasteiger partial charge in [-0.25, -0.2) is 15.0 Å². The molecule has 4 rings (SSSR count). The Morgan fingerprint density at radius 2 is 1.85 bits per heavy atom. The maximum atomic E-state index is 12.5. The second-order valence-corrected chi connectivity index (χ2v) is 6.89. The van der Waals surface area contributed by atoms with Crippen LogP contribution in [0.5, 0.6) is 0 Å². The van der Waals surface area contributed by atoms with Crippen LogP contribution < -0.4 is 5.56 Å². The molecule has 0 amide bonds. The van der Waals surface area contributed by atoms with Gasteiger partial charge < -0.3 is 0 Å². The second kappa shape index (κ2) is 8.18. The Morgan fingerprint density at radius 3 is 2.56 bits per heavy atom. The molecule has 0 spiro atoms. The molecule has 0 bridgehead atoms. The third-order valence-electron chi connectivity index (χ3n) is 4.98. The van der Waals surface area contributed by atoms with E-state index in [0.29, 0.717) is 11.6 Å². The van der Waals surface area contributed by atoms with Crippen LogP contribution in [0.25, 0.3) is 11.3 Å². The Bertz CT molecular complexity index is 920. The smallest absolute Gasteiger partial charge is 0.253 e. The van der Waals surface area contributed by atoms with E-state index < -0.39 is 0 Å². The van der Waals surface area contributed by atoms with Crippen LogP contribution in [0.15, 0.2) is 60.2 Å². The fraction of sp³-hybridized carbons (Fsp3) is 0.350. The van der Waals surface area contributed by atoms with Crippen LogP contribution in [-0.2, 0) is 13.1 Å². The summed E-state index contributed by atoms with van der Waals surface area (Å²) in [7, 11) is 0. The lowest BCUT2D eigenvalue weighted by Gasteiger charge is -2.31. The van der Waals surface area contributed by atoms with Crippen molar-refractivity contribution in [3.63, 3.8) is 0 Å². The number of rotatable bonds is 5. The van der Waals surface area contributed by atoms with E-state index in [0.717, 1.165) is 50.4 Å². The van der Waals surface area contributed by atoms with Crippen molar-refractivity contribution in [3.8, 4) is 11.3 Å². The third kappa shape index (κ3) is 4.43. The maximum absolute atomic E-state index is 12.5. The van der Waals surface area contributed by atoms with Crippen LogP contribution in [-0.4, -0.2) is 42.5 Å². The molecule has 1 saturated heterocycles. The maximum Gasteiger partial charge on any atom is 0.253 e. The molecule has 0 N–H and O–H groups in total. The first kappa shape index (κ1) is 17.5. The van der Waals surface area contributed by atoms with Crippen molar-refractivity contribution in [2.75, 3.05) is 13.1 Å². The van der Waals surface area contributed by atoms with Crippen molar-refractivity contribution in [1.29, 1.82) is 0 Å². The standard InChI is InChI=1S/C20H22N6O/c27-20-11-18(17-3-1-6-21-12-17)24-15-26(20)13-16-4-9-25(10-5-16)14-19-22-7-2-8-23-19/h1-3,6-8,11-12,15-16H,4-5,9-10,13-14H2. The number of likely N-dealkylation sites (tertiary alicyclic amines) is 1. The minimum absolute atomic E-state index is 0.0102. The number of hydrogen-bond acceptors (Lipinski definition) is 6. The van der Waals surface area contributed by atoms with Gasteiger partial charge in [-0.2, -0.15) is 0 Å². The second-order valence-electron chi connectivity index (χ2n) is 6.89. The Morgan fingerprint density at radius 1 is 1.04 bits per heavy atom. The van der Waals surface area contributed by atoms with E-state index in [2.05, 4.69) is 24.8 Å². The van der Waals surface area contributed by atoms with E-state index in [-0.39, 0.29) is 5.56 Å². The molecule has 3 aromatic heterocycles. The number of piperidine rings is 1. The van der Waals surface area contributed by atoms with E-state index in [1.54, 1.807) is 41.7 Å². The van der Waals surface area contributed by atoms with Gasteiger partial charge in [-0.3, -0.25) is 19.2 Å². The predicted octanol–water partition coefficient (Wildman–Crippen LogP) is 2.01. The first-order valence-corrected chi connectivity index (χ1v) is 9.23. The minimum atomic E-state index is -0.0102. The van der Waals surface area contributed by atoms with Crippen LogP contribution in [0.3, 0.4) is 0 Å². The third-order valence-corrected chi connectivity index (χ3v) is 4.98. The summed E-state index contributed by atoms with van der Waals surface area (Å²) in [6.07, 6.45) is 10.8. The van der Waals surface area contributed by atoms with Gasteiger partial charge in [0.2, 0.25) is 0 Å². The summed E-state index contributed by atoms with van der Waals surface area (Å²) in [5, 5.41) is 0. The number of aromatic nitrogens is 5. The van der Waals surface area contributed by atoms with E-state index in [9.17, 15) is 4.79 Å². The highest BCUT2D eigenvalue weighted by atomic mass is 16.1.